The number of nitrogens with one attached hydrogen (secondary N) is 1. The fraction of sp³-hybridized carbons (Fsp3) is 0.562. The lowest BCUT2D eigenvalue weighted by atomic mass is 10.0. The molecule has 1 aliphatic rings. The van der Waals surface area contributed by atoms with Gasteiger partial charge in [-0.1, -0.05) is 34.1 Å². The summed E-state index contributed by atoms with van der Waals surface area (Å²) in [6.45, 7) is 9.18. The van der Waals surface area contributed by atoms with Crippen LogP contribution in [-0.2, 0) is 4.74 Å². The summed E-state index contributed by atoms with van der Waals surface area (Å²) in [7, 11) is 0. The Morgan fingerprint density at radius 3 is 2.57 bits per heavy atom. The lowest BCUT2D eigenvalue weighted by molar-refractivity contribution is 0.00433. The van der Waals surface area contributed by atoms with Crippen molar-refractivity contribution in [3.63, 3.8) is 0 Å². The van der Waals surface area contributed by atoms with Crippen LogP contribution in [0.15, 0.2) is 28.7 Å². The molecule has 21 heavy (non-hydrogen) atoms. The lowest BCUT2D eigenvalue weighted by Gasteiger charge is -2.41. The maximum Gasteiger partial charge on any atom is 0.410 e. The third kappa shape index (κ3) is 4.45. The zero-order valence-electron chi connectivity index (χ0n) is 13.0. The molecule has 1 amide bonds. The molecule has 0 bridgehead atoms. The van der Waals surface area contributed by atoms with Crippen molar-refractivity contribution in [2.24, 2.45) is 0 Å². The minimum atomic E-state index is -0.433. The Balaban J connectivity index is 1.81. The second-order valence-corrected chi connectivity index (χ2v) is 7.35. The van der Waals surface area contributed by atoms with E-state index in [-0.39, 0.29) is 12.1 Å². The molecule has 1 N–H and O–H groups in total. The highest BCUT2D eigenvalue weighted by molar-refractivity contribution is 9.10. The molecule has 0 spiro atoms. The Kier molecular flexibility index (Phi) is 4.94. The van der Waals surface area contributed by atoms with E-state index in [0.717, 1.165) is 4.47 Å². The molecule has 1 aromatic rings. The first-order valence-corrected chi connectivity index (χ1v) is 8.04. The van der Waals surface area contributed by atoms with Crippen molar-refractivity contribution in [3.8, 4) is 0 Å². The van der Waals surface area contributed by atoms with E-state index >= 15 is 0 Å². The van der Waals surface area contributed by atoms with Crippen LogP contribution in [0.1, 0.15) is 39.3 Å². The number of nitrogens with zero attached hydrogens (tertiary/aromatic N) is 1. The number of carbonyl (C=O) groups excluding carboxylic acids is 1. The van der Waals surface area contributed by atoms with Crippen LogP contribution in [0.25, 0.3) is 0 Å². The molecular formula is C16H23BrN2O2. The Morgan fingerprint density at radius 1 is 1.38 bits per heavy atom. The largest absolute Gasteiger partial charge is 0.444 e. The van der Waals surface area contributed by atoms with Gasteiger partial charge in [0.2, 0.25) is 0 Å². The van der Waals surface area contributed by atoms with Crippen molar-refractivity contribution < 1.29 is 9.53 Å². The van der Waals surface area contributed by atoms with Crippen LogP contribution >= 0.6 is 15.9 Å². The van der Waals surface area contributed by atoms with Crippen molar-refractivity contribution in [3.05, 3.63) is 34.3 Å². The third-order valence-corrected chi connectivity index (χ3v) is 4.11. The van der Waals surface area contributed by atoms with Gasteiger partial charge in [-0.05, 0) is 39.3 Å². The number of hydrogen-bond donors (Lipinski definition) is 1. The zero-order valence-corrected chi connectivity index (χ0v) is 14.6. The first-order chi connectivity index (χ1) is 9.76. The summed E-state index contributed by atoms with van der Waals surface area (Å²) in [5.74, 6) is 0. The van der Waals surface area contributed by atoms with E-state index in [1.807, 2.05) is 39.0 Å². The molecule has 0 aliphatic carbocycles. The van der Waals surface area contributed by atoms with Crippen LogP contribution in [0.5, 0.6) is 0 Å². The highest BCUT2D eigenvalue weighted by atomic mass is 79.9. The number of hydrogen-bond acceptors (Lipinski definition) is 3. The van der Waals surface area contributed by atoms with Crippen LogP contribution in [0.4, 0.5) is 4.79 Å². The molecule has 5 heteroatoms. The molecule has 1 aromatic carbocycles. The molecule has 1 unspecified atom stereocenters. The molecule has 4 nitrogen and oxygen atoms in total. The average Bonchev–Trinajstić information content (AvgIpc) is 2.31. The Hall–Kier alpha value is -1.07. The first-order valence-electron chi connectivity index (χ1n) is 7.24. The van der Waals surface area contributed by atoms with Gasteiger partial charge >= 0.3 is 6.09 Å². The molecule has 1 atom stereocenters. The monoisotopic (exact) mass is 354 g/mol. The predicted molar refractivity (Wildman–Crippen MR) is 87.3 cm³/mol. The Morgan fingerprint density at radius 2 is 2.00 bits per heavy atom. The van der Waals surface area contributed by atoms with Crippen molar-refractivity contribution in [2.75, 3.05) is 13.1 Å². The maximum absolute atomic E-state index is 11.9. The fourth-order valence-corrected chi connectivity index (χ4v) is 2.96. The number of amides is 1. The van der Waals surface area contributed by atoms with E-state index in [2.05, 4.69) is 34.2 Å². The number of halogens is 1. The van der Waals surface area contributed by atoms with E-state index in [4.69, 9.17) is 4.74 Å². The van der Waals surface area contributed by atoms with Gasteiger partial charge in [-0.25, -0.2) is 4.79 Å². The third-order valence-electron chi connectivity index (χ3n) is 3.39. The van der Waals surface area contributed by atoms with Crippen LogP contribution in [0, 0.1) is 0 Å². The van der Waals surface area contributed by atoms with Gasteiger partial charge in [0.1, 0.15) is 5.60 Å². The topological polar surface area (TPSA) is 41.6 Å². The maximum atomic E-state index is 11.9. The van der Waals surface area contributed by atoms with Crippen LogP contribution < -0.4 is 5.32 Å². The van der Waals surface area contributed by atoms with Gasteiger partial charge in [-0.2, -0.15) is 0 Å². The van der Waals surface area contributed by atoms with Gasteiger partial charge in [-0.3, -0.25) is 0 Å². The van der Waals surface area contributed by atoms with Gasteiger partial charge in [-0.15, -0.1) is 0 Å². The first kappa shape index (κ1) is 16.3. The highest BCUT2D eigenvalue weighted by Crippen LogP contribution is 2.24. The molecule has 1 saturated heterocycles. The van der Waals surface area contributed by atoms with E-state index < -0.39 is 5.60 Å². The fourth-order valence-electron chi connectivity index (χ4n) is 2.33. The molecule has 0 aromatic heterocycles. The summed E-state index contributed by atoms with van der Waals surface area (Å²) in [6, 6.07) is 8.75. The highest BCUT2D eigenvalue weighted by Gasteiger charge is 2.34. The number of benzene rings is 1. The van der Waals surface area contributed by atoms with Gasteiger partial charge in [0.15, 0.2) is 0 Å². The SMILES string of the molecule is CC(NC1CN(C(=O)OC(C)(C)C)C1)c1ccccc1Br. The Bertz CT molecular complexity index is 507. The minimum absolute atomic E-state index is 0.228. The zero-order chi connectivity index (χ0) is 15.6. The number of ether oxygens (including phenoxy) is 1. The summed E-state index contributed by atoms with van der Waals surface area (Å²) in [5.41, 5.74) is 0.797. The second kappa shape index (κ2) is 6.36. The summed E-state index contributed by atoms with van der Waals surface area (Å²) in [4.78, 5) is 13.6. The van der Waals surface area contributed by atoms with Crippen molar-refractivity contribution in [1.82, 2.24) is 10.2 Å². The van der Waals surface area contributed by atoms with Gasteiger partial charge < -0.3 is 15.0 Å². The normalized spacial score (nSPS) is 17.3. The molecule has 1 aliphatic heterocycles. The average molecular weight is 355 g/mol. The molecule has 2 rings (SSSR count). The summed E-state index contributed by atoms with van der Waals surface area (Å²) in [5, 5.41) is 3.54. The summed E-state index contributed by atoms with van der Waals surface area (Å²) >= 11 is 3.57. The predicted octanol–water partition coefficient (Wildman–Crippen LogP) is 3.72. The standard InChI is InChI=1S/C16H23BrN2O2/c1-11(13-7-5-6-8-14(13)17)18-12-9-19(10-12)15(20)21-16(2,3)4/h5-8,11-12,18H,9-10H2,1-4H3. The summed E-state index contributed by atoms with van der Waals surface area (Å²) in [6.07, 6.45) is -0.228. The second-order valence-electron chi connectivity index (χ2n) is 6.49. The minimum Gasteiger partial charge on any atom is -0.444 e. The Labute approximate surface area is 135 Å². The molecule has 0 saturated carbocycles. The van der Waals surface area contributed by atoms with Gasteiger partial charge in [0, 0.05) is 29.6 Å². The van der Waals surface area contributed by atoms with E-state index in [1.165, 1.54) is 5.56 Å². The van der Waals surface area contributed by atoms with E-state index in [9.17, 15) is 4.79 Å². The molecule has 1 fully saturated rings. The number of likely N-dealkylation sites (tertiary alicyclic amines) is 1. The van der Waals surface area contributed by atoms with Crippen molar-refractivity contribution >= 4 is 22.0 Å². The summed E-state index contributed by atoms with van der Waals surface area (Å²) < 4.78 is 6.46. The van der Waals surface area contributed by atoms with Crippen molar-refractivity contribution in [2.45, 2.75) is 45.4 Å². The molecule has 1 heterocycles. The van der Waals surface area contributed by atoms with Gasteiger partial charge in [0.05, 0.1) is 0 Å². The van der Waals surface area contributed by atoms with Crippen LogP contribution in [0.3, 0.4) is 0 Å². The smallest absolute Gasteiger partial charge is 0.410 e. The van der Waals surface area contributed by atoms with E-state index in [1.54, 1.807) is 4.90 Å². The van der Waals surface area contributed by atoms with Crippen LogP contribution in [-0.4, -0.2) is 35.7 Å². The molecule has 116 valence electrons. The van der Waals surface area contributed by atoms with E-state index in [0.29, 0.717) is 19.1 Å². The van der Waals surface area contributed by atoms with Gasteiger partial charge in [0.25, 0.3) is 0 Å². The lowest BCUT2D eigenvalue weighted by Crippen LogP contribution is -2.60. The van der Waals surface area contributed by atoms with Crippen LogP contribution in [0.2, 0.25) is 0 Å². The van der Waals surface area contributed by atoms with Crippen molar-refractivity contribution in [1.29, 1.82) is 0 Å². The number of rotatable bonds is 3. The number of carbonyl (C=O) groups is 1. The molecule has 0 radical (unpaired) electrons. The molecular weight excluding hydrogens is 332 g/mol. The quantitative estimate of drug-likeness (QED) is 0.899.